The second kappa shape index (κ2) is 5.94. The molecular formula is C13H19N5O2. The minimum atomic E-state index is -0.516. The van der Waals surface area contributed by atoms with E-state index in [0.29, 0.717) is 24.5 Å². The van der Waals surface area contributed by atoms with Crippen molar-refractivity contribution in [3.63, 3.8) is 0 Å². The molecular weight excluding hydrogens is 258 g/mol. The normalized spacial score (nSPS) is 22.6. The minimum absolute atomic E-state index is 0.0157. The lowest BCUT2D eigenvalue weighted by atomic mass is 10.2. The highest BCUT2D eigenvalue weighted by molar-refractivity contribution is 5.97. The number of aliphatic hydroxyl groups is 1. The number of carbonyl (C=O) groups is 1. The van der Waals surface area contributed by atoms with Crippen LogP contribution in [0.4, 0.5) is 5.82 Å². The van der Waals surface area contributed by atoms with Gasteiger partial charge in [0, 0.05) is 19.6 Å². The lowest BCUT2D eigenvalue weighted by Crippen LogP contribution is -2.32. The predicted molar refractivity (Wildman–Crippen MR) is 75.2 cm³/mol. The maximum absolute atomic E-state index is 11.3. The van der Waals surface area contributed by atoms with Crippen LogP contribution in [0.15, 0.2) is 6.20 Å². The van der Waals surface area contributed by atoms with Crippen LogP contribution in [0.2, 0.25) is 0 Å². The van der Waals surface area contributed by atoms with Crippen LogP contribution >= 0.6 is 0 Å². The molecule has 0 aromatic carbocycles. The third-order valence-corrected chi connectivity index (χ3v) is 3.65. The SMILES string of the molecule is C#CCN1C[C@@H](n2ncc(C(N)=O)c2NC)C[C@@H]1CO. The van der Waals surface area contributed by atoms with Crippen molar-refractivity contribution in [1.29, 1.82) is 0 Å². The van der Waals surface area contributed by atoms with Crippen molar-refractivity contribution in [1.82, 2.24) is 14.7 Å². The van der Waals surface area contributed by atoms with Crippen LogP contribution in [0, 0.1) is 12.3 Å². The molecule has 1 aromatic heterocycles. The maximum Gasteiger partial charge on any atom is 0.254 e. The quantitative estimate of drug-likeness (QED) is 0.616. The molecule has 108 valence electrons. The van der Waals surface area contributed by atoms with Gasteiger partial charge in [-0.1, -0.05) is 5.92 Å². The van der Waals surface area contributed by atoms with E-state index in [4.69, 9.17) is 12.2 Å². The number of rotatable bonds is 5. The van der Waals surface area contributed by atoms with E-state index < -0.39 is 5.91 Å². The molecule has 1 amide bonds. The van der Waals surface area contributed by atoms with Crippen LogP contribution in [0.1, 0.15) is 22.8 Å². The third-order valence-electron chi connectivity index (χ3n) is 3.65. The van der Waals surface area contributed by atoms with E-state index in [-0.39, 0.29) is 18.7 Å². The smallest absolute Gasteiger partial charge is 0.254 e. The molecule has 7 nitrogen and oxygen atoms in total. The average molecular weight is 277 g/mol. The van der Waals surface area contributed by atoms with Gasteiger partial charge in [0.15, 0.2) is 0 Å². The van der Waals surface area contributed by atoms with Gasteiger partial charge in [0.25, 0.3) is 5.91 Å². The fraction of sp³-hybridized carbons (Fsp3) is 0.538. The number of nitrogens with one attached hydrogen (secondary N) is 1. The van der Waals surface area contributed by atoms with Gasteiger partial charge in [0.2, 0.25) is 0 Å². The summed E-state index contributed by atoms with van der Waals surface area (Å²) in [6, 6.07) is 0.0676. The Kier molecular flexibility index (Phi) is 4.27. The molecule has 4 N–H and O–H groups in total. The number of aliphatic hydroxyl groups excluding tert-OH is 1. The van der Waals surface area contributed by atoms with Crippen LogP contribution in [0.5, 0.6) is 0 Å². The van der Waals surface area contributed by atoms with Gasteiger partial charge in [-0.2, -0.15) is 5.10 Å². The summed E-state index contributed by atoms with van der Waals surface area (Å²) in [5, 5.41) is 16.6. The summed E-state index contributed by atoms with van der Waals surface area (Å²) >= 11 is 0. The van der Waals surface area contributed by atoms with E-state index in [1.54, 1.807) is 11.7 Å². The summed E-state index contributed by atoms with van der Waals surface area (Å²) in [4.78, 5) is 13.4. The van der Waals surface area contributed by atoms with E-state index in [9.17, 15) is 9.90 Å². The summed E-state index contributed by atoms with van der Waals surface area (Å²) < 4.78 is 1.75. The number of primary amides is 1. The van der Waals surface area contributed by atoms with Crippen molar-refractivity contribution < 1.29 is 9.90 Å². The van der Waals surface area contributed by atoms with Gasteiger partial charge in [-0.05, 0) is 6.42 Å². The molecule has 7 heteroatoms. The number of carbonyl (C=O) groups excluding carboxylic acids is 1. The first-order valence-electron chi connectivity index (χ1n) is 6.45. The van der Waals surface area contributed by atoms with Crippen molar-refractivity contribution in [2.75, 3.05) is 32.1 Å². The van der Waals surface area contributed by atoms with Crippen LogP contribution in [-0.4, -0.2) is 58.5 Å². The Morgan fingerprint density at radius 1 is 1.75 bits per heavy atom. The van der Waals surface area contributed by atoms with Crippen molar-refractivity contribution in [2.45, 2.75) is 18.5 Å². The van der Waals surface area contributed by atoms with Gasteiger partial charge in [0.05, 0.1) is 25.4 Å². The number of amides is 1. The van der Waals surface area contributed by atoms with Gasteiger partial charge in [0.1, 0.15) is 11.4 Å². The first-order chi connectivity index (χ1) is 9.62. The van der Waals surface area contributed by atoms with Gasteiger partial charge in [-0.15, -0.1) is 6.42 Å². The van der Waals surface area contributed by atoms with Crippen molar-refractivity contribution >= 4 is 11.7 Å². The van der Waals surface area contributed by atoms with Crippen molar-refractivity contribution in [3.05, 3.63) is 11.8 Å². The van der Waals surface area contributed by atoms with Gasteiger partial charge < -0.3 is 16.2 Å². The Hall–Kier alpha value is -2.04. The van der Waals surface area contributed by atoms with Crippen LogP contribution in [-0.2, 0) is 0 Å². The molecule has 0 saturated carbocycles. The minimum Gasteiger partial charge on any atom is -0.395 e. The molecule has 1 fully saturated rings. The zero-order chi connectivity index (χ0) is 14.7. The summed E-state index contributed by atoms with van der Waals surface area (Å²) in [5.74, 6) is 2.68. The summed E-state index contributed by atoms with van der Waals surface area (Å²) in [6.45, 7) is 1.22. The number of terminal acetylenes is 1. The zero-order valence-corrected chi connectivity index (χ0v) is 11.4. The lowest BCUT2D eigenvalue weighted by molar-refractivity contribution is 0.100. The molecule has 20 heavy (non-hydrogen) atoms. The highest BCUT2D eigenvalue weighted by Crippen LogP contribution is 2.30. The highest BCUT2D eigenvalue weighted by atomic mass is 16.3. The average Bonchev–Trinajstić information content (AvgIpc) is 3.01. The number of likely N-dealkylation sites (tertiary alicyclic amines) is 1. The van der Waals surface area contributed by atoms with E-state index >= 15 is 0 Å². The Morgan fingerprint density at radius 2 is 2.50 bits per heavy atom. The van der Waals surface area contributed by atoms with Gasteiger partial charge in [-0.25, -0.2) is 4.68 Å². The Bertz CT molecular complexity index is 533. The van der Waals surface area contributed by atoms with Crippen LogP contribution < -0.4 is 11.1 Å². The lowest BCUT2D eigenvalue weighted by Gasteiger charge is -2.19. The van der Waals surface area contributed by atoms with Crippen LogP contribution in [0.3, 0.4) is 0 Å². The molecule has 1 aliphatic heterocycles. The number of hydrogen-bond acceptors (Lipinski definition) is 5. The molecule has 0 bridgehead atoms. The zero-order valence-electron chi connectivity index (χ0n) is 11.4. The summed E-state index contributed by atoms with van der Waals surface area (Å²) in [7, 11) is 1.72. The fourth-order valence-corrected chi connectivity index (χ4v) is 2.70. The molecule has 1 aliphatic rings. The third kappa shape index (κ3) is 2.48. The molecule has 1 aromatic rings. The monoisotopic (exact) mass is 277 g/mol. The highest BCUT2D eigenvalue weighted by Gasteiger charge is 2.34. The predicted octanol–water partition coefficient (Wildman–Crippen LogP) is -0.735. The largest absolute Gasteiger partial charge is 0.395 e. The standard InChI is InChI=1S/C13H19N5O2/c1-3-4-17-7-9(5-10(17)8-19)18-13(15-2)11(6-16-18)12(14)20/h1,6,9-10,15,19H,4-5,7-8H2,2H3,(H2,14,20)/t9-,10+/m0/s1. The topological polar surface area (TPSA) is 96.4 Å². The Morgan fingerprint density at radius 3 is 3.05 bits per heavy atom. The summed E-state index contributed by atoms with van der Waals surface area (Å²) in [6.07, 6.45) is 7.53. The summed E-state index contributed by atoms with van der Waals surface area (Å²) in [5.41, 5.74) is 5.69. The molecule has 0 radical (unpaired) electrons. The van der Waals surface area contributed by atoms with Gasteiger partial charge >= 0.3 is 0 Å². The second-order valence-corrected chi connectivity index (χ2v) is 4.83. The van der Waals surface area contributed by atoms with Gasteiger partial charge in [-0.3, -0.25) is 9.69 Å². The Labute approximate surface area is 117 Å². The number of anilines is 1. The van der Waals surface area contributed by atoms with E-state index in [1.165, 1.54) is 6.20 Å². The molecule has 0 spiro atoms. The second-order valence-electron chi connectivity index (χ2n) is 4.83. The number of nitrogens with two attached hydrogens (primary N) is 1. The van der Waals surface area contributed by atoms with E-state index in [1.807, 2.05) is 4.90 Å². The number of aromatic nitrogens is 2. The fourth-order valence-electron chi connectivity index (χ4n) is 2.70. The van der Waals surface area contributed by atoms with E-state index in [2.05, 4.69) is 16.3 Å². The van der Waals surface area contributed by atoms with Crippen molar-refractivity contribution in [2.24, 2.45) is 5.73 Å². The van der Waals surface area contributed by atoms with Crippen LogP contribution in [0.25, 0.3) is 0 Å². The molecule has 2 atom stereocenters. The molecule has 0 unspecified atom stereocenters. The van der Waals surface area contributed by atoms with Crippen molar-refractivity contribution in [3.8, 4) is 12.3 Å². The number of nitrogens with zero attached hydrogens (tertiary/aromatic N) is 3. The Balaban J connectivity index is 2.25. The molecule has 2 heterocycles. The van der Waals surface area contributed by atoms with E-state index in [0.717, 1.165) is 6.42 Å². The molecule has 2 rings (SSSR count). The first kappa shape index (κ1) is 14.4. The first-order valence-corrected chi connectivity index (χ1v) is 6.45. The molecule has 0 aliphatic carbocycles. The number of hydrogen-bond donors (Lipinski definition) is 3. The maximum atomic E-state index is 11.3. The molecule has 1 saturated heterocycles.